The van der Waals surface area contributed by atoms with Crippen LogP contribution in [0.25, 0.3) is 0 Å². The van der Waals surface area contributed by atoms with Crippen LogP contribution < -0.4 is 0 Å². The molecule has 0 amide bonds. The standard InChI is InChI=1S/C14H22O3/c1-3-9(2)12(15)17-14-6-10-4-11(14)7-13(16,5-10)8-14/h9-11,16H,3-8H2,1-2H3. The van der Waals surface area contributed by atoms with Crippen LogP contribution in [0.4, 0.5) is 0 Å². The van der Waals surface area contributed by atoms with Crippen LogP contribution in [0.2, 0.25) is 0 Å². The fourth-order valence-corrected chi connectivity index (χ4v) is 4.41. The largest absolute Gasteiger partial charge is 0.458 e. The van der Waals surface area contributed by atoms with E-state index >= 15 is 0 Å². The minimum Gasteiger partial charge on any atom is -0.458 e. The molecular formula is C14H22O3. The van der Waals surface area contributed by atoms with Crippen LogP contribution in [-0.4, -0.2) is 22.3 Å². The Balaban J connectivity index is 1.78. The highest BCUT2D eigenvalue weighted by Gasteiger charge is 2.65. The molecule has 96 valence electrons. The first-order valence-electron chi connectivity index (χ1n) is 6.92. The molecule has 17 heavy (non-hydrogen) atoms. The van der Waals surface area contributed by atoms with E-state index in [0.29, 0.717) is 18.3 Å². The normalized spacial score (nSPS) is 48.4. The van der Waals surface area contributed by atoms with Gasteiger partial charge in [0, 0.05) is 12.3 Å². The molecule has 4 saturated carbocycles. The number of esters is 1. The average molecular weight is 238 g/mol. The van der Waals surface area contributed by atoms with E-state index in [1.165, 1.54) is 0 Å². The second-order valence-corrected chi connectivity index (χ2v) is 6.61. The summed E-state index contributed by atoms with van der Waals surface area (Å²) in [4.78, 5) is 12.0. The molecule has 4 rings (SSSR count). The van der Waals surface area contributed by atoms with Crippen LogP contribution >= 0.6 is 0 Å². The zero-order valence-corrected chi connectivity index (χ0v) is 10.7. The summed E-state index contributed by atoms with van der Waals surface area (Å²) < 4.78 is 5.84. The van der Waals surface area contributed by atoms with E-state index in [-0.39, 0.29) is 17.5 Å². The van der Waals surface area contributed by atoms with Crippen LogP contribution in [0.15, 0.2) is 0 Å². The highest BCUT2D eigenvalue weighted by atomic mass is 16.6. The Morgan fingerprint density at radius 3 is 2.88 bits per heavy atom. The summed E-state index contributed by atoms with van der Waals surface area (Å²) in [6, 6.07) is 0. The molecule has 5 unspecified atom stereocenters. The molecular weight excluding hydrogens is 216 g/mol. The molecule has 0 heterocycles. The van der Waals surface area contributed by atoms with Crippen molar-refractivity contribution in [2.24, 2.45) is 17.8 Å². The van der Waals surface area contributed by atoms with E-state index in [4.69, 9.17) is 4.74 Å². The molecule has 4 fully saturated rings. The van der Waals surface area contributed by atoms with Gasteiger partial charge >= 0.3 is 5.97 Å². The molecule has 0 aromatic carbocycles. The average Bonchev–Trinajstić information content (AvgIpc) is 2.58. The van der Waals surface area contributed by atoms with Crippen molar-refractivity contribution in [3.63, 3.8) is 0 Å². The summed E-state index contributed by atoms with van der Waals surface area (Å²) in [5, 5.41) is 10.4. The zero-order valence-electron chi connectivity index (χ0n) is 10.7. The Labute approximate surface area is 103 Å². The molecule has 0 aromatic rings. The lowest BCUT2D eigenvalue weighted by Crippen LogP contribution is -2.42. The predicted octanol–water partition coefficient (Wildman–Crippen LogP) is 2.27. The van der Waals surface area contributed by atoms with Crippen LogP contribution in [0, 0.1) is 17.8 Å². The van der Waals surface area contributed by atoms with Crippen molar-refractivity contribution in [3.8, 4) is 0 Å². The van der Waals surface area contributed by atoms with Crippen molar-refractivity contribution in [3.05, 3.63) is 0 Å². The highest BCUT2D eigenvalue weighted by Crippen LogP contribution is 2.63. The van der Waals surface area contributed by atoms with Gasteiger partial charge in [-0.3, -0.25) is 4.79 Å². The minimum atomic E-state index is -0.526. The van der Waals surface area contributed by atoms with Gasteiger partial charge in [-0.15, -0.1) is 0 Å². The van der Waals surface area contributed by atoms with Gasteiger partial charge in [0.2, 0.25) is 0 Å². The first kappa shape index (κ1) is 11.5. The summed E-state index contributed by atoms with van der Waals surface area (Å²) in [5.41, 5.74) is -0.834. The SMILES string of the molecule is CCC(C)C(=O)OC12CC3CC1CC(O)(C3)C2. The molecule has 3 nitrogen and oxygen atoms in total. The fourth-order valence-electron chi connectivity index (χ4n) is 4.41. The number of carbonyl (C=O) groups excluding carboxylic acids is 1. The van der Waals surface area contributed by atoms with Crippen molar-refractivity contribution in [2.75, 3.05) is 0 Å². The maximum absolute atomic E-state index is 12.0. The van der Waals surface area contributed by atoms with Crippen LogP contribution in [0.1, 0.15) is 52.4 Å². The van der Waals surface area contributed by atoms with Gasteiger partial charge in [0.05, 0.1) is 11.5 Å². The van der Waals surface area contributed by atoms with Crippen LogP contribution in [0.5, 0.6) is 0 Å². The Kier molecular flexibility index (Phi) is 2.35. The third-order valence-electron chi connectivity index (χ3n) is 5.24. The van der Waals surface area contributed by atoms with Crippen molar-refractivity contribution in [1.29, 1.82) is 0 Å². The number of hydrogen-bond donors (Lipinski definition) is 1. The Morgan fingerprint density at radius 2 is 2.24 bits per heavy atom. The molecule has 0 spiro atoms. The third kappa shape index (κ3) is 1.62. The lowest BCUT2D eigenvalue weighted by Gasteiger charge is -2.37. The molecule has 0 saturated heterocycles. The summed E-state index contributed by atoms with van der Waals surface area (Å²) in [6.07, 6.45) is 5.41. The number of carbonyl (C=O) groups is 1. The highest BCUT2D eigenvalue weighted by molar-refractivity contribution is 5.72. The summed E-state index contributed by atoms with van der Waals surface area (Å²) in [6.45, 7) is 3.93. The van der Waals surface area contributed by atoms with Crippen LogP contribution in [-0.2, 0) is 9.53 Å². The van der Waals surface area contributed by atoms with Crippen molar-refractivity contribution < 1.29 is 14.6 Å². The maximum Gasteiger partial charge on any atom is 0.309 e. The van der Waals surface area contributed by atoms with Crippen molar-refractivity contribution in [2.45, 2.75) is 63.6 Å². The second kappa shape index (κ2) is 3.47. The van der Waals surface area contributed by atoms with Gasteiger partial charge in [0.25, 0.3) is 0 Å². The maximum atomic E-state index is 12.0. The van der Waals surface area contributed by atoms with Crippen molar-refractivity contribution >= 4 is 5.97 Å². The predicted molar refractivity (Wildman–Crippen MR) is 63.3 cm³/mol. The smallest absolute Gasteiger partial charge is 0.309 e. The molecule has 3 heteroatoms. The van der Waals surface area contributed by atoms with E-state index < -0.39 is 5.60 Å². The Hall–Kier alpha value is -0.570. The van der Waals surface area contributed by atoms with E-state index in [1.807, 2.05) is 13.8 Å². The van der Waals surface area contributed by atoms with E-state index in [0.717, 1.165) is 32.1 Å². The number of ether oxygens (including phenoxy) is 1. The second-order valence-electron chi connectivity index (χ2n) is 6.61. The molecule has 5 atom stereocenters. The van der Waals surface area contributed by atoms with E-state index in [9.17, 15) is 9.90 Å². The molecule has 0 aliphatic heterocycles. The van der Waals surface area contributed by atoms with Gasteiger partial charge in [0.1, 0.15) is 5.60 Å². The molecule has 0 radical (unpaired) electrons. The van der Waals surface area contributed by atoms with Gasteiger partial charge in [-0.1, -0.05) is 13.8 Å². The lowest BCUT2D eigenvalue weighted by molar-refractivity contribution is -0.170. The van der Waals surface area contributed by atoms with Crippen molar-refractivity contribution in [1.82, 2.24) is 0 Å². The quantitative estimate of drug-likeness (QED) is 0.767. The van der Waals surface area contributed by atoms with Gasteiger partial charge < -0.3 is 9.84 Å². The number of aliphatic hydroxyl groups is 1. The van der Waals surface area contributed by atoms with Gasteiger partial charge in [0.15, 0.2) is 0 Å². The van der Waals surface area contributed by atoms with E-state index in [2.05, 4.69) is 0 Å². The number of rotatable bonds is 3. The zero-order chi connectivity index (χ0) is 12.3. The number of hydrogen-bond acceptors (Lipinski definition) is 3. The van der Waals surface area contributed by atoms with Gasteiger partial charge in [-0.25, -0.2) is 0 Å². The van der Waals surface area contributed by atoms with Gasteiger partial charge in [-0.2, -0.15) is 0 Å². The Bertz CT molecular complexity index is 353. The van der Waals surface area contributed by atoms with Crippen LogP contribution in [0.3, 0.4) is 0 Å². The topological polar surface area (TPSA) is 46.5 Å². The molecule has 4 aliphatic rings. The van der Waals surface area contributed by atoms with E-state index in [1.54, 1.807) is 0 Å². The minimum absolute atomic E-state index is 0.0165. The molecule has 0 aromatic heterocycles. The summed E-state index contributed by atoms with van der Waals surface area (Å²) >= 11 is 0. The fraction of sp³-hybridized carbons (Fsp3) is 0.929. The Morgan fingerprint density at radius 1 is 1.47 bits per heavy atom. The molecule has 4 aliphatic carbocycles. The molecule has 4 bridgehead atoms. The summed E-state index contributed by atoms with van der Waals surface area (Å²) in [7, 11) is 0. The third-order valence-corrected chi connectivity index (χ3v) is 5.24. The first-order chi connectivity index (χ1) is 7.96. The summed E-state index contributed by atoms with van der Waals surface area (Å²) in [5.74, 6) is 0.915. The lowest BCUT2D eigenvalue weighted by atomic mass is 9.78. The monoisotopic (exact) mass is 238 g/mol. The molecule has 1 N–H and O–H groups in total. The first-order valence-corrected chi connectivity index (χ1v) is 6.92. The van der Waals surface area contributed by atoms with Gasteiger partial charge in [-0.05, 0) is 38.0 Å².